The fourth-order valence-electron chi connectivity index (χ4n) is 4.13. The number of hydrogen-bond acceptors (Lipinski definition) is 3. The molecule has 0 radical (unpaired) electrons. The zero-order chi connectivity index (χ0) is 24.6. The Balaban J connectivity index is 1.64. The zero-order valence-corrected chi connectivity index (χ0v) is 20.7. The minimum Gasteiger partial charge on any atom is -0.343 e. The monoisotopic (exact) mass is 500 g/mol. The first-order valence-electron chi connectivity index (χ1n) is 11.1. The van der Waals surface area contributed by atoms with Crippen LogP contribution >= 0.6 is 23.2 Å². The molecule has 0 unspecified atom stereocenters. The second-order valence-electron chi connectivity index (χ2n) is 8.75. The van der Waals surface area contributed by atoms with Crippen molar-refractivity contribution >= 4 is 34.8 Å². The maximum Gasteiger partial charge on any atom is 0.257 e. The molecule has 0 atom stereocenters. The number of carbonyl (C=O) groups excluding carboxylic acids is 1. The summed E-state index contributed by atoms with van der Waals surface area (Å²) in [6.07, 6.45) is 3.29. The van der Waals surface area contributed by atoms with Gasteiger partial charge in [0.05, 0.1) is 17.4 Å². The molecular weight excluding hydrogens is 479 g/mol. The molecule has 0 spiro atoms. The molecule has 2 heterocycles. The Morgan fingerprint density at radius 3 is 2.26 bits per heavy atom. The van der Waals surface area contributed by atoms with Crippen LogP contribution in [-0.4, -0.2) is 20.5 Å². The number of benzene rings is 3. The molecule has 0 aliphatic rings. The van der Waals surface area contributed by atoms with Gasteiger partial charge < -0.3 is 5.32 Å². The van der Waals surface area contributed by atoms with Gasteiger partial charge in [-0.1, -0.05) is 83.9 Å². The maximum atomic E-state index is 13.4. The molecule has 0 aliphatic carbocycles. The van der Waals surface area contributed by atoms with Gasteiger partial charge in [0.25, 0.3) is 5.91 Å². The summed E-state index contributed by atoms with van der Waals surface area (Å²) in [7, 11) is 0. The highest BCUT2D eigenvalue weighted by Gasteiger charge is 2.26. The maximum absolute atomic E-state index is 13.4. The molecule has 0 fully saturated rings. The number of nitrogens with zero attached hydrogens (tertiary/aromatic N) is 3. The third kappa shape index (κ3) is 4.41. The second-order valence-corrected chi connectivity index (χ2v) is 9.59. The highest BCUT2D eigenvalue weighted by atomic mass is 35.5. The summed E-state index contributed by atoms with van der Waals surface area (Å²) in [5, 5.41) is 8.92. The number of hydrogen-bond donors (Lipinski definition) is 1. The van der Waals surface area contributed by atoms with E-state index in [1.54, 1.807) is 16.9 Å². The van der Waals surface area contributed by atoms with Crippen LogP contribution in [0.5, 0.6) is 0 Å². The van der Waals surface area contributed by atoms with Crippen LogP contribution < -0.4 is 5.32 Å². The van der Waals surface area contributed by atoms with Gasteiger partial charge in [0.15, 0.2) is 5.65 Å². The molecule has 1 N–H and O–H groups in total. The van der Waals surface area contributed by atoms with Crippen LogP contribution in [-0.2, 0) is 5.54 Å². The molecule has 0 bridgehead atoms. The lowest BCUT2D eigenvalue weighted by atomic mass is 9.94. The third-order valence-corrected chi connectivity index (χ3v) is 6.56. The SMILES string of the molecule is CC(C)(NC(=O)c1cnn2c(-c3ccc(Cl)cc3)c(-c3ccccc3Cl)cnc12)c1ccccc1. The van der Waals surface area contributed by atoms with Gasteiger partial charge in [-0.25, -0.2) is 9.50 Å². The number of halogens is 2. The number of nitrogens with one attached hydrogen (secondary N) is 1. The van der Waals surface area contributed by atoms with Crippen molar-refractivity contribution < 1.29 is 4.79 Å². The number of amides is 1. The lowest BCUT2D eigenvalue weighted by molar-refractivity contribution is 0.0913. The van der Waals surface area contributed by atoms with E-state index in [4.69, 9.17) is 23.2 Å². The average molecular weight is 501 g/mol. The van der Waals surface area contributed by atoms with E-state index in [9.17, 15) is 4.79 Å². The van der Waals surface area contributed by atoms with E-state index in [2.05, 4.69) is 15.4 Å². The van der Waals surface area contributed by atoms with Crippen molar-refractivity contribution in [3.63, 3.8) is 0 Å². The Morgan fingerprint density at radius 1 is 0.857 bits per heavy atom. The Labute approximate surface area is 213 Å². The van der Waals surface area contributed by atoms with Gasteiger partial charge in [0.1, 0.15) is 5.56 Å². The van der Waals surface area contributed by atoms with E-state index in [0.29, 0.717) is 21.3 Å². The van der Waals surface area contributed by atoms with E-state index in [0.717, 1.165) is 27.9 Å². The Hall–Kier alpha value is -3.67. The Bertz CT molecular complexity index is 1530. The molecule has 35 heavy (non-hydrogen) atoms. The standard InChI is InChI=1S/C28H22Cl2N4O/c1-28(2,19-8-4-3-5-9-19)33-27(35)23-17-32-34-25(18-12-14-20(29)15-13-18)22(16-31-26(23)34)21-10-6-7-11-24(21)30/h3-17H,1-2H3,(H,33,35). The van der Waals surface area contributed by atoms with Crippen molar-refractivity contribution in [2.24, 2.45) is 0 Å². The van der Waals surface area contributed by atoms with Crippen molar-refractivity contribution in [3.05, 3.63) is 112 Å². The van der Waals surface area contributed by atoms with Crippen molar-refractivity contribution in [3.8, 4) is 22.4 Å². The Morgan fingerprint density at radius 2 is 1.54 bits per heavy atom. The second kappa shape index (κ2) is 9.17. The first-order valence-corrected chi connectivity index (χ1v) is 11.9. The predicted octanol–water partition coefficient (Wildman–Crippen LogP) is 7.04. The first kappa shape index (κ1) is 23.1. The molecule has 2 aromatic heterocycles. The van der Waals surface area contributed by atoms with Crippen LogP contribution in [0.2, 0.25) is 10.0 Å². The minimum atomic E-state index is -0.580. The van der Waals surface area contributed by atoms with Gasteiger partial charge in [-0.05, 0) is 37.6 Å². The van der Waals surface area contributed by atoms with E-state index in [-0.39, 0.29) is 5.91 Å². The van der Waals surface area contributed by atoms with E-state index in [1.165, 1.54) is 0 Å². The van der Waals surface area contributed by atoms with Gasteiger partial charge in [0.2, 0.25) is 0 Å². The average Bonchev–Trinajstić information content (AvgIpc) is 3.29. The van der Waals surface area contributed by atoms with Crippen LogP contribution in [0.1, 0.15) is 29.8 Å². The molecule has 5 rings (SSSR count). The highest BCUT2D eigenvalue weighted by molar-refractivity contribution is 6.33. The third-order valence-electron chi connectivity index (χ3n) is 5.97. The molecule has 0 aliphatic heterocycles. The molecule has 3 aromatic carbocycles. The molecule has 174 valence electrons. The van der Waals surface area contributed by atoms with Crippen LogP contribution in [0, 0.1) is 0 Å². The summed E-state index contributed by atoms with van der Waals surface area (Å²) < 4.78 is 1.69. The summed E-state index contributed by atoms with van der Waals surface area (Å²) in [6, 6.07) is 24.9. The van der Waals surface area contributed by atoms with Gasteiger partial charge in [0, 0.05) is 32.9 Å². The molecule has 1 amide bonds. The normalized spacial score (nSPS) is 11.5. The lowest BCUT2D eigenvalue weighted by Gasteiger charge is -2.26. The molecule has 0 saturated heterocycles. The van der Waals surface area contributed by atoms with Crippen LogP contribution in [0.3, 0.4) is 0 Å². The molecule has 7 heteroatoms. The van der Waals surface area contributed by atoms with Gasteiger partial charge >= 0.3 is 0 Å². The highest BCUT2D eigenvalue weighted by Crippen LogP contribution is 2.36. The number of fused-ring (bicyclic) bond motifs is 1. The summed E-state index contributed by atoms with van der Waals surface area (Å²) in [6.45, 7) is 3.93. The molecule has 5 nitrogen and oxygen atoms in total. The number of carbonyl (C=O) groups is 1. The molecule has 0 saturated carbocycles. The van der Waals surface area contributed by atoms with Crippen molar-refractivity contribution in [1.82, 2.24) is 19.9 Å². The molecular formula is C28H22Cl2N4O. The topological polar surface area (TPSA) is 59.3 Å². The summed E-state index contributed by atoms with van der Waals surface area (Å²) in [5.74, 6) is -0.256. The minimum absolute atomic E-state index is 0.256. The van der Waals surface area contributed by atoms with Crippen molar-refractivity contribution in [2.45, 2.75) is 19.4 Å². The van der Waals surface area contributed by atoms with Crippen LogP contribution in [0.25, 0.3) is 28.0 Å². The van der Waals surface area contributed by atoms with Gasteiger partial charge in [-0.2, -0.15) is 5.10 Å². The van der Waals surface area contributed by atoms with Crippen molar-refractivity contribution in [1.29, 1.82) is 0 Å². The first-order chi connectivity index (χ1) is 16.8. The quantitative estimate of drug-likeness (QED) is 0.281. The Kier molecular flexibility index (Phi) is 6.05. The lowest BCUT2D eigenvalue weighted by Crippen LogP contribution is -2.41. The van der Waals surface area contributed by atoms with Gasteiger partial charge in [-0.15, -0.1) is 0 Å². The smallest absolute Gasteiger partial charge is 0.257 e. The predicted molar refractivity (Wildman–Crippen MR) is 141 cm³/mol. The summed E-state index contributed by atoms with van der Waals surface area (Å²) in [4.78, 5) is 18.0. The zero-order valence-electron chi connectivity index (χ0n) is 19.2. The number of aromatic nitrogens is 3. The largest absolute Gasteiger partial charge is 0.343 e. The van der Waals surface area contributed by atoms with E-state index >= 15 is 0 Å². The van der Waals surface area contributed by atoms with Gasteiger partial charge in [-0.3, -0.25) is 4.79 Å². The fraction of sp³-hybridized carbons (Fsp3) is 0.107. The van der Waals surface area contributed by atoms with E-state index in [1.807, 2.05) is 92.7 Å². The summed E-state index contributed by atoms with van der Waals surface area (Å²) >= 11 is 12.7. The van der Waals surface area contributed by atoms with Crippen LogP contribution in [0.15, 0.2) is 91.3 Å². The fourth-order valence-corrected chi connectivity index (χ4v) is 4.49. The molecule has 5 aromatic rings. The van der Waals surface area contributed by atoms with Crippen molar-refractivity contribution in [2.75, 3.05) is 0 Å². The summed E-state index contributed by atoms with van der Waals surface area (Å²) in [5.41, 5.74) is 4.51. The van der Waals surface area contributed by atoms with Crippen LogP contribution in [0.4, 0.5) is 0 Å². The number of rotatable bonds is 5. The van der Waals surface area contributed by atoms with E-state index < -0.39 is 5.54 Å².